The number of benzene rings is 2. The maximum atomic E-state index is 11.9. The molecule has 0 fully saturated rings. The Kier molecular flexibility index (Phi) is 6.01. The maximum absolute atomic E-state index is 11.9. The van der Waals surface area contributed by atoms with Gasteiger partial charge < -0.3 is 5.32 Å². The number of hydrogen-bond acceptors (Lipinski definition) is 2. The van der Waals surface area contributed by atoms with Crippen LogP contribution in [-0.4, -0.2) is 11.7 Å². The minimum Gasteiger partial charge on any atom is -0.325 e. The van der Waals surface area contributed by atoms with Gasteiger partial charge in [0.05, 0.1) is 10.8 Å². The summed E-state index contributed by atoms with van der Waals surface area (Å²) in [4.78, 5) is 12.7. The van der Waals surface area contributed by atoms with Gasteiger partial charge in [-0.3, -0.25) is 4.79 Å². The molecule has 0 spiro atoms. The molecule has 0 bridgehead atoms. The average Bonchev–Trinajstić information content (AvgIpc) is 2.42. The molecular formula is C14H10Cl2INOS. The van der Waals surface area contributed by atoms with E-state index in [4.69, 9.17) is 23.2 Å². The normalized spacial score (nSPS) is 10.3. The van der Waals surface area contributed by atoms with E-state index < -0.39 is 0 Å². The first kappa shape index (κ1) is 15.9. The van der Waals surface area contributed by atoms with E-state index in [1.807, 2.05) is 24.3 Å². The third-order valence-electron chi connectivity index (χ3n) is 2.38. The summed E-state index contributed by atoms with van der Waals surface area (Å²) in [5.74, 6) is 0.207. The van der Waals surface area contributed by atoms with Crippen LogP contribution < -0.4 is 5.32 Å². The number of carbonyl (C=O) groups excluding carboxylic acids is 1. The molecule has 0 aliphatic carbocycles. The molecule has 0 radical (unpaired) electrons. The monoisotopic (exact) mass is 437 g/mol. The highest BCUT2D eigenvalue weighted by Gasteiger charge is 2.07. The summed E-state index contributed by atoms with van der Waals surface area (Å²) in [6.07, 6.45) is 0. The van der Waals surface area contributed by atoms with E-state index >= 15 is 0 Å². The zero-order chi connectivity index (χ0) is 14.5. The first-order valence-electron chi connectivity index (χ1n) is 5.68. The Hall–Kier alpha value is -0.430. The van der Waals surface area contributed by atoms with Crippen LogP contribution in [0.2, 0.25) is 10.0 Å². The highest BCUT2D eigenvalue weighted by Crippen LogP contribution is 2.29. The van der Waals surface area contributed by atoms with Gasteiger partial charge in [0.2, 0.25) is 5.91 Å². The summed E-state index contributed by atoms with van der Waals surface area (Å²) in [5, 5.41) is 4.04. The molecule has 0 unspecified atom stereocenters. The van der Waals surface area contributed by atoms with E-state index in [-0.39, 0.29) is 11.7 Å². The fraction of sp³-hybridized carbons (Fsp3) is 0.0714. The summed E-state index contributed by atoms with van der Waals surface area (Å²) in [6, 6.07) is 12.8. The molecule has 6 heteroatoms. The van der Waals surface area contributed by atoms with E-state index in [9.17, 15) is 4.79 Å². The van der Waals surface area contributed by atoms with Gasteiger partial charge in [0.1, 0.15) is 0 Å². The van der Waals surface area contributed by atoms with E-state index in [1.165, 1.54) is 11.8 Å². The van der Waals surface area contributed by atoms with E-state index in [1.54, 1.807) is 18.2 Å². The Morgan fingerprint density at radius 3 is 2.55 bits per heavy atom. The van der Waals surface area contributed by atoms with Gasteiger partial charge in [-0.2, -0.15) is 0 Å². The third-order valence-corrected chi connectivity index (χ3v) is 4.83. The smallest absolute Gasteiger partial charge is 0.234 e. The number of thioether (sulfide) groups is 1. The van der Waals surface area contributed by atoms with Gasteiger partial charge in [0.15, 0.2) is 0 Å². The van der Waals surface area contributed by atoms with E-state index in [0.29, 0.717) is 10.0 Å². The molecule has 0 aliphatic rings. The fourth-order valence-corrected chi connectivity index (χ4v) is 3.11. The molecule has 20 heavy (non-hydrogen) atoms. The minimum absolute atomic E-state index is 0.0766. The van der Waals surface area contributed by atoms with Crippen LogP contribution in [0.25, 0.3) is 0 Å². The molecule has 2 rings (SSSR count). The van der Waals surface area contributed by atoms with Gasteiger partial charge in [-0.1, -0.05) is 23.2 Å². The molecule has 0 atom stereocenters. The number of hydrogen-bond donors (Lipinski definition) is 1. The highest BCUT2D eigenvalue weighted by atomic mass is 127. The maximum Gasteiger partial charge on any atom is 0.234 e. The van der Waals surface area contributed by atoms with Crippen LogP contribution in [0, 0.1) is 3.57 Å². The minimum atomic E-state index is -0.0766. The number of carbonyl (C=O) groups is 1. The predicted octanol–water partition coefficient (Wildman–Crippen LogP) is 5.33. The van der Waals surface area contributed by atoms with Crippen molar-refractivity contribution in [3.63, 3.8) is 0 Å². The fourth-order valence-electron chi connectivity index (χ4n) is 1.46. The molecule has 0 aliphatic heterocycles. The van der Waals surface area contributed by atoms with Gasteiger partial charge in [-0.05, 0) is 65.1 Å². The lowest BCUT2D eigenvalue weighted by atomic mass is 10.3. The largest absolute Gasteiger partial charge is 0.325 e. The molecule has 1 amide bonds. The Balaban J connectivity index is 1.92. The van der Waals surface area contributed by atoms with E-state index in [2.05, 4.69) is 27.9 Å². The second-order valence-electron chi connectivity index (χ2n) is 3.92. The molecule has 0 aromatic heterocycles. The molecule has 0 saturated heterocycles. The topological polar surface area (TPSA) is 29.1 Å². The first-order valence-corrected chi connectivity index (χ1v) is 8.50. The van der Waals surface area contributed by atoms with Crippen molar-refractivity contribution in [1.29, 1.82) is 0 Å². The van der Waals surface area contributed by atoms with Gasteiger partial charge in [-0.25, -0.2) is 0 Å². The Labute approximate surface area is 145 Å². The van der Waals surface area contributed by atoms with E-state index in [0.717, 1.165) is 14.2 Å². The zero-order valence-electron chi connectivity index (χ0n) is 10.2. The van der Waals surface area contributed by atoms with Crippen molar-refractivity contribution in [2.24, 2.45) is 0 Å². The Bertz CT molecular complexity index is 619. The quantitative estimate of drug-likeness (QED) is 0.517. The first-order chi connectivity index (χ1) is 9.54. The van der Waals surface area contributed by atoms with Crippen LogP contribution in [-0.2, 0) is 4.79 Å². The van der Waals surface area contributed by atoms with Crippen LogP contribution in [0.5, 0.6) is 0 Å². The van der Waals surface area contributed by atoms with Crippen molar-refractivity contribution in [1.82, 2.24) is 0 Å². The van der Waals surface area contributed by atoms with Gasteiger partial charge in [-0.15, -0.1) is 11.8 Å². The average molecular weight is 438 g/mol. The summed E-state index contributed by atoms with van der Waals surface area (Å²) in [6.45, 7) is 0. The van der Waals surface area contributed by atoms with Crippen LogP contribution in [0.4, 0.5) is 5.69 Å². The van der Waals surface area contributed by atoms with Crippen molar-refractivity contribution in [3.8, 4) is 0 Å². The molecular weight excluding hydrogens is 428 g/mol. The number of nitrogens with one attached hydrogen (secondary N) is 1. The highest BCUT2D eigenvalue weighted by molar-refractivity contribution is 14.1. The molecule has 2 aromatic carbocycles. The van der Waals surface area contributed by atoms with Crippen LogP contribution in [0.15, 0.2) is 47.4 Å². The number of amides is 1. The van der Waals surface area contributed by atoms with Gasteiger partial charge in [0.25, 0.3) is 0 Å². The molecule has 2 nitrogen and oxygen atoms in total. The Morgan fingerprint density at radius 1 is 1.15 bits per heavy atom. The lowest BCUT2D eigenvalue weighted by Gasteiger charge is -2.06. The van der Waals surface area contributed by atoms with Crippen LogP contribution >= 0.6 is 57.6 Å². The summed E-state index contributed by atoms with van der Waals surface area (Å²) < 4.78 is 1.13. The standard InChI is InChI=1S/C14H10Cl2INOS/c15-9-1-6-12(16)13(7-9)20-8-14(19)18-11-4-2-10(17)3-5-11/h1-7H,8H2,(H,18,19). The van der Waals surface area contributed by atoms with Crippen LogP contribution in [0.1, 0.15) is 0 Å². The third kappa shape index (κ3) is 4.84. The Morgan fingerprint density at radius 2 is 1.85 bits per heavy atom. The SMILES string of the molecule is O=C(CSc1cc(Cl)ccc1Cl)Nc1ccc(I)cc1. The summed E-state index contributed by atoms with van der Waals surface area (Å²) in [7, 11) is 0. The van der Waals surface area contributed by atoms with Crippen molar-refractivity contribution in [2.45, 2.75) is 4.90 Å². The second kappa shape index (κ2) is 7.54. The van der Waals surface area contributed by atoms with Gasteiger partial charge >= 0.3 is 0 Å². The van der Waals surface area contributed by atoms with Crippen molar-refractivity contribution in [2.75, 3.05) is 11.1 Å². The van der Waals surface area contributed by atoms with Crippen molar-refractivity contribution >= 4 is 69.1 Å². The molecule has 0 heterocycles. The molecule has 0 saturated carbocycles. The van der Waals surface area contributed by atoms with Gasteiger partial charge in [0, 0.05) is 19.2 Å². The lowest BCUT2D eigenvalue weighted by molar-refractivity contribution is -0.113. The number of halogens is 3. The lowest BCUT2D eigenvalue weighted by Crippen LogP contribution is -2.13. The number of anilines is 1. The van der Waals surface area contributed by atoms with Crippen molar-refractivity contribution in [3.05, 3.63) is 56.1 Å². The second-order valence-corrected chi connectivity index (χ2v) is 7.02. The van der Waals surface area contributed by atoms with Crippen molar-refractivity contribution < 1.29 is 4.79 Å². The summed E-state index contributed by atoms with van der Waals surface area (Å²) >= 11 is 15.5. The predicted molar refractivity (Wildman–Crippen MR) is 95.0 cm³/mol. The van der Waals surface area contributed by atoms with Crippen LogP contribution in [0.3, 0.4) is 0 Å². The molecule has 2 aromatic rings. The number of rotatable bonds is 4. The zero-order valence-corrected chi connectivity index (χ0v) is 14.7. The molecule has 104 valence electrons. The molecule has 1 N–H and O–H groups in total. The summed E-state index contributed by atoms with van der Waals surface area (Å²) in [5.41, 5.74) is 0.785.